The summed E-state index contributed by atoms with van der Waals surface area (Å²) in [5.41, 5.74) is 0. The Labute approximate surface area is 78.0 Å². The van der Waals surface area contributed by atoms with E-state index in [1.54, 1.807) is 0 Å². The molecule has 0 aromatic carbocycles. The van der Waals surface area contributed by atoms with Crippen molar-refractivity contribution < 1.29 is 15.3 Å². The normalized spacial score (nSPS) is 11.1. The summed E-state index contributed by atoms with van der Waals surface area (Å²) in [5, 5.41) is 34.2. The average Bonchev–Trinajstić information content (AvgIpc) is 2.17. The smallest absolute Gasteiger partial charge is 0.171 e. The Morgan fingerprint density at radius 1 is 0.692 bits per heavy atom. The van der Waals surface area contributed by atoms with Crippen LogP contribution >= 0.6 is 0 Å². The fourth-order valence-electron chi connectivity index (χ4n) is 0.730. The van der Waals surface area contributed by atoms with Crippen LogP contribution in [0.2, 0.25) is 0 Å². The Hall–Kier alpha value is -0.240. The topological polar surface area (TPSA) is 96.8 Å². The van der Waals surface area contributed by atoms with E-state index < -0.39 is 0 Å². The molecule has 0 aliphatic rings. The molecule has 0 aliphatic carbocycles. The van der Waals surface area contributed by atoms with Crippen LogP contribution in [0.5, 0.6) is 0 Å². The molecule has 0 bridgehead atoms. The molecule has 0 heterocycles. The highest BCUT2D eigenvalue weighted by Gasteiger charge is 2.05. The molecule has 1 radical (unpaired) electrons. The SMILES string of the molecule is OCCN[C](NCCO)NCCO. The van der Waals surface area contributed by atoms with Crippen LogP contribution in [-0.2, 0) is 0 Å². The van der Waals surface area contributed by atoms with Crippen molar-refractivity contribution in [3.8, 4) is 0 Å². The van der Waals surface area contributed by atoms with E-state index in [0.717, 1.165) is 0 Å². The molecule has 0 spiro atoms. The van der Waals surface area contributed by atoms with Crippen LogP contribution in [0, 0.1) is 6.29 Å². The third-order valence-corrected chi connectivity index (χ3v) is 1.24. The minimum atomic E-state index is 0.0328. The lowest BCUT2D eigenvalue weighted by Gasteiger charge is -2.18. The molecule has 0 fully saturated rings. The Bertz CT molecular complexity index is 86.0. The lowest BCUT2D eigenvalue weighted by Crippen LogP contribution is -2.47. The first-order chi connectivity index (χ1) is 6.35. The molecule has 0 amide bonds. The summed E-state index contributed by atoms with van der Waals surface area (Å²) in [6.45, 7) is 1.37. The number of nitrogens with one attached hydrogen (secondary N) is 3. The minimum absolute atomic E-state index is 0.0328. The van der Waals surface area contributed by atoms with Gasteiger partial charge in [-0.15, -0.1) is 0 Å². The zero-order valence-electron chi connectivity index (χ0n) is 7.58. The van der Waals surface area contributed by atoms with E-state index in [4.69, 9.17) is 15.3 Å². The van der Waals surface area contributed by atoms with Crippen LogP contribution < -0.4 is 16.0 Å². The van der Waals surface area contributed by atoms with Crippen molar-refractivity contribution in [3.05, 3.63) is 6.29 Å². The molecule has 0 aliphatic heterocycles. The maximum atomic E-state index is 8.54. The van der Waals surface area contributed by atoms with Crippen molar-refractivity contribution in [2.75, 3.05) is 39.5 Å². The molecule has 0 unspecified atom stereocenters. The quantitative estimate of drug-likeness (QED) is 0.236. The van der Waals surface area contributed by atoms with Crippen LogP contribution in [0.1, 0.15) is 0 Å². The number of aliphatic hydroxyl groups excluding tert-OH is 3. The number of hydrogen-bond donors (Lipinski definition) is 6. The second-order valence-corrected chi connectivity index (χ2v) is 2.33. The van der Waals surface area contributed by atoms with E-state index >= 15 is 0 Å². The Morgan fingerprint density at radius 3 is 1.23 bits per heavy atom. The standard InChI is InChI=1S/C7H18N3O3/c11-4-1-8-7(9-2-5-12)10-3-6-13/h8-13H,1-6H2. The van der Waals surface area contributed by atoms with Gasteiger partial charge in [0.05, 0.1) is 19.8 Å². The first-order valence-corrected chi connectivity index (χ1v) is 4.26. The molecule has 6 N–H and O–H groups in total. The Kier molecular flexibility index (Phi) is 9.66. The van der Waals surface area contributed by atoms with E-state index in [1.807, 2.05) is 0 Å². The van der Waals surface area contributed by atoms with Gasteiger partial charge >= 0.3 is 0 Å². The predicted octanol–water partition coefficient (Wildman–Crippen LogP) is -2.82. The van der Waals surface area contributed by atoms with E-state index in [-0.39, 0.29) is 19.8 Å². The summed E-state index contributed by atoms with van der Waals surface area (Å²) in [7, 11) is 0. The van der Waals surface area contributed by atoms with E-state index in [1.165, 1.54) is 0 Å². The summed E-state index contributed by atoms with van der Waals surface area (Å²) < 4.78 is 0. The first kappa shape index (κ1) is 12.8. The highest BCUT2D eigenvalue weighted by Crippen LogP contribution is 1.80. The van der Waals surface area contributed by atoms with Gasteiger partial charge in [-0.05, 0) is 0 Å². The monoisotopic (exact) mass is 192 g/mol. The van der Waals surface area contributed by atoms with Crippen molar-refractivity contribution in [1.82, 2.24) is 16.0 Å². The van der Waals surface area contributed by atoms with Crippen LogP contribution in [-0.4, -0.2) is 54.8 Å². The van der Waals surface area contributed by atoms with Gasteiger partial charge in [0.2, 0.25) is 0 Å². The number of aliphatic hydroxyl groups is 3. The molecule has 0 saturated carbocycles. The van der Waals surface area contributed by atoms with Gasteiger partial charge in [-0.2, -0.15) is 0 Å². The summed E-state index contributed by atoms with van der Waals surface area (Å²) in [6.07, 6.45) is 0.608. The second kappa shape index (κ2) is 9.85. The van der Waals surface area contributed by atoms with Crippen LogP contribution in [0.25, 0.3) is 0 Å². The zero-order chi connectivity index (χ0) is 9.94. The second-order valence-electron chi connectivity index (χ2n) is 2.33. The van der Waals surface area contributed by atoms with Crippen molar-refractivity contribution in [1.29, 1.82) is 0 Å². The molecule has 0 saturated heterocycles. The van der Waals surface area contributed by atoms with E-state index in [0.29, 0.717) is 25.9 Å². The van der Waals surface area contributed by atoms with Gasteiger partial charge in [0, 0.05) is 19.6 Å². The maximum absolute atomic E-state index is 8.54. The van der Waals surface area contributed by atoms with Gasteiger partial charge in [0.1, 0.15) is 0 Å². The predicted molar refractivity (Wildman–Crippen MR) is 48.5 cm³/mol. The van der Waals surface area contributed by atoms with Crippen LogP contribution in [0.3, 0.4) is 0 Å². The fraction of sp³-hybridized carbons (Fsp3) is 0.857. The zero-order valence-corrected chi connectivity index (χ0v) is 7.58. The largest absolute Gasteiger partial charge is 0.395 e. The van der Waals surface area contributed by atoms with Crippen molar-refractivity contribution in [2.24, 2.45) is 0 Å². The summed E-state index contributed by atoms with van der Waals surface area (Å²) in [6, 6.07) is 0. The van der Waals surface area contributed by atoms with Gasteiger partial charge in [-0.25, -0.2) is 0 Å². The van der Waals surface area contributed by atoms with Crippen molar-refractivity contribution >= 4 is 0 Å². The molecule has 13 heavy (non-hydrogen) atoms. The fourth-order valence-corrected chi connectivity index (χ4v) is 0.730. The first-order valence-electron chi connectivity index (χ1n) is 4.26. The highest BCUT2D eigenvalue weighted by molar-refractivity contribution is 4.79. The van der Waals surface area contributed by atoms with Crippen molar-refractivity contribution in [3.63, 3.8) is 0 Å². The molecule has 6 heteroatoms. The minimum Gasteiger partial charge on any atom is -0.395 e. The lowest BCUT2D eigenvalue weighted by atomic mass is 10.5. The number of hydrogen-bond acceptors (Lipinski definition) is 6. The van der Waals surface area contributed by atoms with Crippen molar-refractivity contribution in [2.45, 2.75) is 0 Å². The summed E-state index contributed by atoms with van der Waals surface area (Å²) in [4.78, 5) is 0. The van der Waals surface area contributed by atoms with Gasteiger partial charge in [0.15, 0.2) is 6.29 Å². The van der Waals surface area contributed by atoms with Gasteiger partial charge in [-0.1, -0.05) is 0 Å². The molecular formula is C7H18N3O3. The molecule has 0 rings (SSSR count). The molecule has 0 atom stereocenters. The lowest BCUT2D eigenvalue weighted by molar-refractivity contribution is 0.261. The Morgan fingerprint density at radius 2 is 1.00 bits per heavy atom. The van der Waals surface area contributed by atoms with Crippen LogP contribution in [0.15, 0.2) is 0 Å². The molecular weight excluding hydrogens is 174 g/mol. The van der Waals surface area contributed by atoms with Crippen LogP contribution in [0.4, 0.5) is 0 Å². The third-order valence-electron chi connectivity index (χ3n) is 1.24. The molecule has 6 nitrogen and oxygen atoms in total. The Balaban J connectivity index is 3.47. The van der Waals surface area contributed by atoms with Gasteiger partial charge < -0.3 is 15.3 Å². The molecule has 0 aromatic heterocycles. The highest BCUT2D eigenvalue weighted by atomic mass is 16.3. The van der Waals surface area contributed by atoms with E-state index in [9.17, 15) is 0 Å². The van der Waals surface area contributed by atoms with Gasteiger partial charge in [-0.3, -0.25) is 16.0 Å². The summed E-state index contributed by atoms with van der Waals surface area (Å²) >= 11 is 0. The summed E-state index contributed by atoms with van der Waals surface area (Å²) in [5.74, 6) is 0. The molecule has 79 valence electrons. The van der Waals surface area contributed by atoms with E-state index in [2.05, 4.69) is 16.0 Å². The number of rotatable bonds is 9. The maximum Gasteiger partial charge on any atom is 0.171 e. The molecule has 0 aromatic rings. The average molecular weight is 192 g/mol. The van der Waals surface area contributed by atoms with Gasteiger partial charge in [0.25, 0.3) is 0 Å². The third kappa shape index (κ3) is 8.10.